The second kappa shape index (κ2) is 4.55. The van der Waals surface area contributed by atoms with Crippen molar-refractivity contribution in [2.45, 2.75) is 31.8 Å². The summed E-state index contributed by atoms with van der Waals surface area (Å²) >= 11 is 5.63. The van der Waals surface area contributed by atoms with Gasteiger partial charge in [-0.3, -0.25) is 4.79 Å². The van der Waals surface area contributed by atoms with Crippen LogP contribution in [0.2, 0.25) is 5.02 Å². The summed E-state index contributed by atoms with van der Waals surface area (Å²) in [5, 5.41) is -0.514. The molecule has 0 aliphatic rings. The van der Waals surface area contributed by atoms with E-state index in [1.54, 1.807) is 20.8 Å². The third-order valence-electron chi connectivity index (χ3n) is 2.13. The Balaban J connectivity index is 3.14. The number of sulfone groups is 1. The van der Waals surface area contributed by atoms with Crippen LogP contribution < -0.4 is 5.56 Å². The van der Waals surface area contributed by atoms with E-state index in [0.717, 1.165) is 0 Å². The summed E-state index contributed by atoms with van der Waals surface area (Å²) in [6.45, 7) is 4.72. The largest absolute Gasteiger partial charge is 0.308 e. The van der Waals surface area contributed by atoms with Crippen molar-refractivity contribution in [3.05, 3.63) is 26.9 Å². The van der Waals surface area contributed by atoms with Gasteiger partial charge in [0.25, 0.3) is 5.56 Å². The first kappa shape index (κ1) is 13.2. The molecule has 1 aromatic rings. The molecule has 0 atom stereocenters. The minimum absolute atomic E-state index is 0.00862. The molecule has 0 unspecified atom stereocenters. The number of hydrogen-bond acceptors (Lipinski definition) is 4. The van der Waals surface area contributed by atoms with E-state index in [9.17, 15) is 13.2 Å². The molecule has 0 bridgehead atoms. The number of hydrogen-bond donors (Lipinski definition) is 1. The Morgan fingerprint density at radius 2 is 2.00 bits per heavy atom. The van der Waals surface area contributed by atoms with Crippen molar-refractivity contribution >= 4 is 21.4 Å². The third kappa shape index (κ3) is 2.82. The van der Waals surface area contributed by atoms with Crippen molar-refractivity contribution in [2.24, 2.45) is 0 Å². The van der Waals surface area contributed by atoms with Crippen molar-refractivity contribution < 1.29 is 8.42 Å². The molecule has 0 aliphatic carbocycles. The number of aryl methyl sites for hydroxylation is 1. The lowest BCUT2D eigenvalue weighted by molar-refractivity contribution is 0.585. The summed E-state index contributed by atoms with van der Waals surface area (Å²) in [6.07, 6.45) is 0. The molecule has 0 amide bonds. The van der Waals surface area contributed by atoms with Gasteiger partial charge in [-0.1, -0.05) is 11.6 Å². The molecule has 0 radical (unpaired) electrons. The van der Waals surface area contributed by atoms with Gasteiger partial charge in [-0.2, -0.15) is 0 Å². The zero-order chi connectivity index (χ0) is 12.5. The monoisotopic (exact) mass is 264 g/mol. The highest BCUT2D eigenvalue weighted by Gasteiger charge is 2.19. The fourth-order valence-corrected chi connectivity index (χ4v) is 2.00. The van der Waals surface area contributed by atoms with Crippen LogP contribution in [0.25, 0.3) is 0 Å². The average molecular weight is 265 g/mol. The molecule has 0 aliphatic heterocycles. The van der Waals surface area contributed by atoms with Gasteiger partial charge in [-0.05, 0) is 20.8 Å². The summed E-state index contributed by atoms with van der Waals surface area (Å²) in [5.74, 6) is -0.154. The molecule has 1 N–H and O–H groups in total. The van der Waals surface area contributed by atoms with Crippen molar-refractivity contribution in [2.75, 3.05) is 0 Å². The van der Waals surface area contributed by atoms with E-state index in [1.165, 1.54) is 0 Å². The molecule has 90 valence electrons. The highest BCUT2D eigenvalue weighted by molar-refractivity contribution is 7.91. The van der Waals surface area contributed by atoms with Gasteiger partial charge in [-0.15, -0.1) is 0 Å². The van der Waals surface area contributed by atoms with Gasteiger partial charge in [0.1, 0.15) is 16.6 Å². The minimum atomic E-state index is -3.27. The maximum absolute atomic E-state index is 11.6. The highest BCUT2D eigenvalue weighted by atomic mass is 35.5. The first-order valence-electron chi connectivity index (χ1n) is 4.71. The van der Waals surface area contributed by atoms with E-state index in [-0.39, 0.29) is 16.6 Å². The Bertz CT molecular complexity index is 548. The number of nitrogens with zero attached hydrogens (tertiary/aromatic N) is 1. The maximum Gasteiger partial charge on any atom is 0.269 e. The van der Waals surface area contributed by atoms with Gasteiger partial charge < -0.3 is 4.98 Å². The van der Waals surface area contributed by atoms with E-state index < -0.39 is 20.6 Å². The Labute approximate surface area is 98.8 Å². The van der Waals surface area contributed by atoms with E-state index in [1.807, 2.05) is 0 Å². The smallest absolute Gasteiger partial charge is 0.269 e. The normalized spacial score (nSPS) is 12.1. The van der Waals surface area contributed by atoms with Crippen molar-refractivity contribution in [1.82, 2.24) is 9.97 Å². The molecule has 16 heavy (non-hydrogen) atoms. The summed E-state index contributed by atoms with van der Waals surface area (Å²) in [5.41, 5.74) is -0.178. The number of halogens is 1. The molecule has 1 aromatic heterocycles. The van der Waals surface area contributed by atoms with Crippen LogP contribution in [0.1, 0.15) is 25.4 Å². The van der Waals surface area contributed by atoms with Crippen LogP contribution in [-0.2, 0) is 15.6 Å². The van der Waals surface area contributed by atoms with Crippen LogP contribution in [0.5, 0.6) is 0 Å². The van der Waals surface area contributed by atoms with Crippen LogP contribution in [0.3, 0.4) is 0 Å². The topological polar surface area (TPSA) is 79.9 Å². The van der Waals surface area contributed by atoms with E-state index in [0.29, 0.717) is 5.69 Å². The van der Waals surface area contributed by atoms with Crippen LogP contribution >= 0.6 is 11.6 Å². The molecule has 7 heteroatoms. The van der Waals surface area contributed by atoms with Crippen LogP contribution in [0, 0.1) is 6.92 Å². The van der Waals surface area contributed by atoms with Gasteiger partial charge in [0.2, 0.25) is 0 Å². The summed E-state index contributed by atoms with van der Waals surface area (Å²) in [7, 11) is -3.27. The third-order valence-corrected chi connectivity index (χ3v) is 4.69. The van der Waals surface area contributed by atoms with E-state index >= 15 is 0 Å². The van der Waals surface area contributed by atoms with Crippen molar-refractivity contribution in [3.8, 4) is 0 Å². The van der Waals surface area contributed by atoms with Crippen LogP contribution in [-0.4, -0.2) is 23.6 Å². The van der Waals surface area contributed by atoms with Crippen LogP contribution in [0.4, 0.5) is 0 Å². The molecule has 0 spiro atoms. The highest BCUT2D eigenvalue weighted by Crippen LogP contribution is 2.10. The van der Waals surface area contributed by atoms with Gasteiger partial charge in [-0.25, -0.2) is 13.4 Å². The van der Waals surface area contributed by atoms with Gasteiger partial charge >= 0.3 is 0 Å². The summed E-state index contributed by atoms with van der Waals surface area (Å²) < 4.78 is 23.2. The minimum Gasteiger partial charge on any atom is -0.308 e. The van der Waals surface area contributed by atoms with Crippen molar-refractivity contribution in [1.29, 1.82) is 0 Å². The van der Waals surface area contributed by atoms with Crippen LogP contribution in [0.15, 0.2) is 4.79 Å². The summed E-state index contributed by atoms with van der Waals surface area (Å²) in [4.78, 5) is 17.6. The number of aromatic nitrogens is 2. The predicted octanol–water partition coefficient (Wildman–Crippen LogP) is 1.05. The molecular weight excluding hydrogens is 252 g/mol. The maximum atomic E-state index is 11.6. The fraction of sp³-hybridized carbons (Fsp3) is 0.556. The Hall–Kier alpha value is -0.880. The van der Waals surface area contributed by atoms with Gasteiger partial charge in [0.05, 0.1) is 10.9 Å². The first-order valence-corrected chi connectivity index (χ1v) is 6.80. The number of nitrogens with one attached hydrogen (secondary N) is 1. The molecule has 0 saturated carbocycles. The fourth-order valence-electron chi connectivity index (χ4n) is 1.06. The van der Waals surface area contributed by atoms with E-state index in [2.05, 4.69) is 9.97 Å². The predicted molar refractivity (Wildman–Crippen MR) is 62.4 cm³/mol. The number of H-pyrrole nitrogens is 1. The molecule has 0 aromatic carbocycles. The number of rotatable bonds is 3. The van der Waals surface area contributed by atoms with Gasteiger partial charge in [0.15, 0.2) is 9.84 Å². The summed E-state index contributed by atoms with van der Waals surface area (Å²) in [6, 6.07) is 0. The molecule has 1 heterocycles. The quantitative estimate of drug-likeness (QED) is 0.885. The van der Waals surface area contributed by atoms with Gasteiger partial charge in [0, 0.05) is 0 Å². The lowest BCUT2D eigenvalue weighted by Crippen LogP contribution is -2.21. The average Bonchev–Trinajstić information content (AvgIpc) is 2.13. The first-order chi connectivity index (χ1) is 7.24. The standard InChI is InChI=1S/C9H13ClN2O3S/c1-5(2)16(14,15)4-7-11-6(3)8(10)9(13)12-7/h5H,4H2,1-3H3,(H,11,12,13). The molecule has 0 fully saturated rings. The Morgan fingerprint density at radius 3 is 2.44 bits per heavy atom. The second-order valence-electron chi connectivity index (χ2n) is 3.77. The molecule has 1 rings (SSSR count). The molecular formula is C9H13ClN2O3S. The lowest BCUT2D eigenvalue weighted by atomic mass is 10.4. The lowest BCUT2D eigenvalue weighted by Gasteiger charge is -2.07. The second-order valence-corrected chi connectivity index (χ2v) is 6.70. The zero-order valence-corrected chi connectivity index (χ0v) is 10.8. The number of aromatic amines is 1. The Kier molecular flexibility index (Phi) is 3.75. The van der Waals surface area contributed by atoms with E-state index in [4.69, 9.17) is 11.6 Å². The molecule has 5 nitrogen and oxygen atoms in total. The SMILES string of the molecule is Cc1nc(CS(=O)(=O)C(C)C)[nH]c(=O)c1Cl. The van der Waals surface area contributed by atoms with Crippen molar-refractivity contribution in [3.63, 3.8) is 0 Å². The molecule has 0 saturated heterocycles. The zero-order valence-electron chi connectivity index (χ0n) is 9.24. The Morgan fingerprint density at radius 1 is 1.44 bits per heavy atom.